The number of carbonyl (C=O) groups excluding carboxylic acids is 2. The van der Waals surface area contributed by atoms with Gasteiger partial charge in [0.25, 0.3) is 0 Å². The third kappa shape index (κ3) is 2.64. The van der Waals surface area contributed by atoms with E-state index < -0.39 is 11.4 Å². The Balaban J connectivity index is 2.89. The Morgan fingerprint density at radius 1 is 1.62 bits per heavy atom. The molecule has 0 aromatic carbocycles. The molecule has 1 saturated carbocycles. The molecule has 0 radical (unpaired) electrons. The van der Waals surface area contributed by atoms with Crippen LogP contribution in [0.15, 0.2) is 11.1 Å². The fourth-order valence-electron chi connectivity index (χ4n) is 2.03. The Hall–Kier alpha value is -0.830. The maximum atomic E-state index is 11.9. The molecule has 1 rings (SSSR count). The maximum Gasteiger partial charge on any atom is 0.319 e. The van der Waals surface area contributed by atoms with Crippen molar-refractivity contribution in [3.8, 4) is 0 Å². The van der Waals surface area contributed by atoms with E-state index >= 15 is 0 Å². The average molecular weight is 245 g/mol. The summed E-state index contributed by atoms with van der Waals surface area (Å²) in [6.45, 7) is 3.78. The van der Waals surface area contributed by atoms with Crippen LogP contribution in [-0.2, 0) is 14.3 Å². The SMILES string of the molecule is CCOC(=O)C1(C/C=C(\C)Cl)CCCC1=O. The van der Waals surface area contributed by atoms with Crippen molar-refractivity contribution in [2.24, 2.45) is 5.41 Å². The Morgan fingerprint density at radius 2 is 2.31 bits per heavy atom. The number of ketones is 1. The van der Waals surface area contributed by atoms with Crippen molar-refractivity contribution in [3.63, 3.8) is 0 Å². The highest BCUT2D eigenvalue weighted by Gasteiger charge is 2.48. The minimum Gasteiger partial charge on any atom is -0.465 e. The molecule has 3 nitrogen and oxygen atoms in total. The predicted octanol–water partition coefficient (Wildman–Crippen LogP) is 2.82. The summed E-state index contributed by atoms with van der Waals surface area (Å²) >= 11 is 5.75. The van der Waals surface area contributed by atoms with Gasteiger partial charge in [0.15, 0.2) is 5.78 Å². The van der Waals surface area contributed by atoms with Crippen molar-refractivity contribution < 1.29 is 14.3 Å². The zero-order valence-corrected chi connectivity index (χ0v) is 10.5. The summed E-state index contributed by atoms with van der Waals surface area (Å²) in [5.74, 6) is -0.410. The van der Waals surface area contributed by atoms with Gasteiger partial charge in [-0.15, -0.1) is 0 Å². The fourth-order valence-corrected chi connectivity index (χ4v) is 2.11. The number of hydrogen-bond donors (Lipinski definition) is 0. The second-order valence-corrected chi connectivity index (χ2v) is 4.67. The van der Waals surface area contributed by atoms with E-state index in [2.05, 4.69) is 0 Å². The number of Topliss-reactive ketones (excluding diaryl/α,β-unsaturated/α-hetero) is 1. The molecule has 90 valence electrons. The summed E-state index contributed by atoms with van der Waals surface area (Å²) in [7, 11) is 0. The van der Waals surface area contributed by atoms with Crippen LogP contribution in [0.5, 0.6) is 0 Å². The standard InChI is InChI=1S/C12H17ClO3/c1-3-16-11(15)12(8-6-9(2)13)7-4-5-10(12)14/h6H,3-5,7-8H2,1-2H3/b9-6+. The molecule has 1 aliphatic carbocycles. The van der Waals surface area contributed by atoms with E-state index in [1.807, 2.05) is 0 Å². The summed E-state index contributed by atoms with van der Waals surface area (Å²) in [6, 6.07) is 0. The van der Waals surface area contributed by atoms with Crippen LogP contribution in [0.4, 0.5) is 0 Å². The van der Waals surface area contributed by atoms with Crippen molar-refractivity contribution >= 4 is 23.4 Å². The van der Waals surface area contributed by atoms with Gasteiger partial charge in [0.05, 0.1) is 6.61 Å². The normalized spacial score (nSPS) is 25.9. The summed E-state index contributed by atoms with van der Waals surface area (Å²) in [6.07, 6.45) is 3.88. The zero-order chi connectivity index (χ0) is 12.2. The summed E-state index contributed by atoms with van der Waals surface area (Å²) in [4.78, 5) is 23.7. The lowest BCUT2D eigenvalue weighted by Crippen LogP contribution is -2.36. The minimum absolute atomic E-state index is 0.0138. The van der Waals surface area contributed by atoms with Gasteiger partial charge in [0, 0.05) is 11.5 Å². The summed E-state index contributed by atoms with van der Waals surface area (Å²) in [5, 5.41) is 0.600. The van der Waals surface area contributed by atoms with Gasteiger partial charge in [-0.2, -0.15) is 0 Å². The number of hydrogen-bond acceptors (Lipinski definition) is 3. The predicted molar refractivity (Wildman–Crippen MR) is 62.2 cm³/mol. The molecule has 1 unspecified atom stereocenters. The minimum atomic E-state index is -0.966. The van der Waals surface area contributed by atoms with E-state index in [4.69, 9.17) is 16.3 Å². The first-order chi connectivity index (χ1) is 7.53. The smallest absolute Gasteiger partial charge is 0.319 e. The molecule has 0 amide bonds. The first kappa shape index (κ1) is 13.2. The highest BCUT2D eigenvalue weighted by molar-refractivity contribution is 6.29. The Labute approximate surface area is 101 Å². The van der Waals surface area contributed by atoms with Crippen molar-refractivity contribution in [1.29, 1.82) is 0 Å². The van der Waals surface area contributed by atoms with Crippen molar-refractivity contribution in [1.82, 2.24) is 0 Å². The lowest BCUT2D eigenvalue weighted by molar-refractivity contribution is -0.158. The molecule has 0 heterocycles. The molecule has 1 atom stereocenters. The van der Waals surface area contributed by atoms with E-state index in [-0.39, 0.29) is 5.78 Å². The molecule has 0 saturated heterocycles. The third-order valence-electron chi connectivity index (χ3n) is 2.94. The fraction of sp³-hybridized carbons (Fsp3) is 0.667. The molecule has 0 aliphatic heterocycles. The number of esters is 1. The molecule has 1 fully saturated rings. The molecule has 0 aromatic rings. The van der Waals surface area contributed by atoms with Gasteiger partial charge in [-0.05, 0) is 33.1 Å². The quantitative estimate of drug-likeness (QED) is 0.564. The van der Waals surface area contributed by atoms with E-state index in [9.17, 15) is 9.59 Å². The highest BCUT2D eigenvalue weighted by Crippen LogP contribution is 2.40. The van der Waals surface area contributed by atoms with Crippen molar-refractivity contribution in [2.75, 3.05) is 6.61 Å². The Kier molecular flexibility index (Phi) is 4.54. The molecular formula is C12H17ClO3. The van der Waals surface area contributed by atoms with Crippen molar-refractivity contribution in [3.05, 3.63) is 11.1 Å². The molecule has 4 heteroatoms. The van der Waals surface area contributed by atoms with E-state index in [1.54, 1.807) is 19.9 Å². The van der Waals surface area contributed by atoms with Crippen LogP contribution in [0.2, 0.25) is 0 Å². The lowest BCUT2D eigenvalue weighted by Gasteiger charge is -2.23. The third-order valence-corrected chi connectivity index (χ3v) is 3.09. The van der Waals surface area contributed by atoms with Gasteiger partial charge in [-0.3, -0.25) is 9.59 Å². The number of rotatable bonds is 4. The van der Waals surface area contributed by atoms with Crippen LogP contribution in [0, 0.1) is 5.41 Å². The van der Waals surface area contributed by atoms with E-state index in [0.29, 0.717) is 30.9 Å². The monoisotopic (exact) mass is 244 g/mol. The first-order valence-corrected chi connectivity index (χ1v) is 5.93. The lowest BCUT2D eigenvalue weighted by atomic mass is 9.81. The van der Waals surface area contributed by atoms with E-state index in [1.165, 1.54) is 0 Å². The van der Waals surface area contributed by atoms with Crippen LogP contribution in [0.3, 0.4) is 0 Å². The van der Waals surface area contributed by atoms with Gasteiger partial charge in [0.2, 0.25) is 0 Å². The van der Waals surface area contributed by atoms with Gasteiger partial charge in [-0.1, -0.05) is 17.7 Å². The van der Waals surface area contributed by atoms with E-state index in [0.717, 1.165) is 6.42 Å². The second-order valence-electron chi connectivity index (χ2n) is 4.07. The Morgan fingerprint density at radius 3 is 2.75 bits per heavy atom. The van der Waals surface area contributed by atoms with Gasteiger partial charge < -0.3 is 4.74 Å². The zero-order valence-electron chi connectivity index (χ0n) is 9.72. The molecule has 1 aliphatic rings. The molecule has 0 spiro atoms. The first-order valence-electron chi connectivity index (χ1n) is 5.55. The van der Waals surface area contributed by atoms with Gasteiger partial charge in [-0.25, -0.2) is 0 Å². The number of allylic oxidation sites excluding steroid dienone is 2. The average Bonchev–Trinajstić information content (AvgIpc) is 2.58. The number of carbonyl (C=O) groups is 2. The Bertz CT molecular complexity index is 318. The molecular weight excluding hydrogens is 228 g/mol. The van der Waals surface area contributed by atoms with Gasteiger partial charge in [0.1, 0.15) is 5.41 Å². The van der Waals surface area contributed by atoms with Crippen LogP contribution < -0.4 is 0 Å². The number of halogens is 1. The second kappa shape index (κ2) is 5.48. The largest absolute Gasteiger partial charge is 0.465 e. The molecule has 0 aromatic heterocycles. The highest BCUT2D eigenvalue weighted by atomic mass is 35.5. The summed E-state index contributed by atoms with van der Waals surface area (Å²) < 4.78 is 5.00. The van der Waals surface area contributed by atoms with Crippen LogP contribution in [-0.4, -0.2) is 18.4 Å². The van der Waals surface area contributed by atoms with Crippen LogP contribution in [0.25, 0.3) is 0 Å². The van der Waals surface area contributed by atoms with Crippen molar-refractivity contribution in [2.45, 2.75) is 39.5 Å². The summed E-state index contributed by atoms with van der Waals surface area (Å²) in [5.41, 5.74) is -0.966. The van der Waals surface area contributed by atoms with Crippen LogP contribution >= 0.6 is 11.6 Å². The topological polar surface area (TPSA) is 43.4 Å². The van der Waals surface area contributed by atoms with Crippen LogP contribution in [0.1, 0.15) is 39.5 Å². The number of ether oxygens (including phenoxy) is 1. The molecule has 0 bridgehead atoms. The molecule has 0 N–H and O–H groups in total. The maximum absolute atomic E-state index is 11.9. The molecule has 16 heavy (non-hydrogen) atoms. The van der Waals surface area contributed by atoms with Gasteiger partial charge >= 0.3 is 5.97 Å².